The summed E-state index contributed by atoms with van der Waals surface area (Å²) in [5.41, 5.74) is 2.19. The Kier molecular flexibility index (Phi) is 6.43. The van der Waals surface area contributed by atoms with E-state index in [1.54, 1.807) is 22.8 Å². The third-order valence-electron chi connectivity index (χ3n) is 4.77. The SMILES string of the molecule is CC(NC(=O)CSc1nnc(-c2ccccc2F)n1-c1ccccc1)c1ccccc1. The Morgan fingerprint density at radius 1 is 0.968 bits per heavy atom. The molecule has 3 aromatic carbocycles. The Bertz CT molecular complexity index is 1160. The van der Waals surface area contributed by atoms with Crippen molar-refractivity contribution in [3.63, 3.8) is 0 Å². The van der Waals surface area contributed by atoms with Gasteiger partial charge >= 0.3 is 0 Å². The minimum Gasteiger partial charge on any atom is -0.349 e. The second-order valence-corrected chi connectivity index (χ2v) is 7.89. The molecule has 0 fully saturated rings. The summed E-state index contributed by atoms with van der Waals surface area (Å²) in [6.45, 7) is 1.95. The van der Waals surface area contributed by atoms with Crippen LogP contribution in [-0.2, 0) is 4.79 Å². The van der Waals surface area contributed by atoms with Crippen LogP contribution < -0.4 is 5.32 Å². The van der Waals surface area contributed by atoms with Gasteiger partial charge in [-0.15, -0.1) is 10.2 Å². The monoisotopic (exact) mass is 432 g/mol. The molecule has 4 aromatic rings. The number of nitrogens with one attached hydrogen (secondary N) is 1. The van der Waals surface area contributed by atoms with Gasteiger partial charge in [0.2, 0.25) is 5.91 Å². The van der Waals surface area contributed by atoms with Crippen LogP contribution in [0.5, 0.6) is 0 Å². The lowest BCUT2D eigenvalue weighted by Crippen LogP contribution is -2.28. The molecule has 1 atom stereocenters. The summed E-state index contributed by atoms with van der Waals surface area (Å²) in [5.74, 6) is 0.0682. The fourth-order valence-electron chi connectivity index (χ4n) is 3.23. The molecule has 1 N–H and O–H groups in total. The van der Waals surface area contributed by atoms with Crippen LogP contribution in [-0.4, -0.2) is 26.4 Å². The Morgan fingerprint density at radius 2 is 1.61 bits per heavy atom. The number of nitrogens with zero attached hydrogens (tertiary/aromatic N) is 3. The number of thioether (sulfide) groups is 1. The molecule has 5 nitrogen and oxygen atoms in total. The van der Waals surface area contributed by atoms with Gasteiger partial charge in [-0.3, -0.25) is 9.36 Å². The van der Waals surface area contributed by atoms with Gasteiger partial charge in [0.25, 0.3) is 0 Å². The molecule has 31 heavy (non-hydrogen) atoms. The smallest absolute Gasteiger partial charge is 0.230 e. The lowest BCUT2D eigenvalue weighted by atomic mass is 10.1. The number of amides is 1. The fourth-order valence-corrected chi connectivity index (χ4v) is 3.99. The zero-order valence-corrected chi connectivity index (χ0v) is 17.7. The number of carbonyl (C=O) groups excluding carboxylic acids is 1. The van der Waals surface area contributed by atoms with Crippen LogP contribution in [0.4, 0.5) is 4.39 Å². The zero-order valence-electron chi connectivity index (χ0n) is 16.9. The zero-order chi connectivity index (χ0) is 21.6. The van der Waals surface area contributed by atoms with E-state index in [-0.39, 0.29) is 23.5 Å². The van der Waals surface area contributed by atoms with E-state index in [1.165, 1.54) is 17.8 Å². The summed E-state index contributed by atoms with van der Waals surface area (Å²) in [5, 5.41) is 12.0. The third-order valence-corrected chi connectivity index (χ3v) is 5.70. The van der Waals surface area contributed by atoms with E-state index in [0.29, 0.717) is 16.5 Å². The topological polar surface area (TPSA) is 59.8 Å². The van der Waals surface area contributed by atoms with Gasteiger partial charge in [-0.1, -0.05) is 72.4 Å². The van der Waals surface area contributed by atoms with Crippen LogP contribution >= 0.6 is 11.8 Å². The average Bonchev–Trinajstić information content (AvgIpc) is 3.23. The highest BCUT2D eigenvalue weighted by molar-refractivity contribution is 7.99. The first-order valence-electron chi connectivity index (χ1n) is 9.86. The minimum absolute atomic E-state index is 0.102. The second-order valence-electron chi connectivity index (χ2n) is 6.95. The molecule has 0 aliphatic carbocycles. The second kappa shape index (κ2) is 9.57. The predicted molar refractivity (Wildman–Crippen MR) is 120 cm³/mol. The number of benzene rings is 3. The van der Waals surface area contributed by atoms with Gasteiger partial charge in [-0.25, -0.2) is 4.39 Å². The molecule has 0 aliphatic heterocycles. The largest absolute Gasteiger partial charge is 0.349 e. The van der Waals surface area contributed by atoms with E-state index in [9.17, 15) is 9.18 Å². The standard InChI is InChI=1S/C24H21FN4OS/c1-17(18-10-4-2-5-11-18)26-22(30)16-31-24-28-27-23(20-14-8-9-15-21(20)25)29(24)19-12-6-3-7-13-19/h2-15,17H,16H2,1H3,(H,26,30). The highest BCUT2D eigenvalue weighted by atomic mass is 32.2. The van der Waals surface area contributed by atoms with Crippen molar-refractivity contribution >= 4 is 17.7 Å². The van der Waals surface area contributed by atoms with E-state index in [4.69, 9.17) is 0 Å². The van der Waals surface area contributed by atoms with Gasteiger partial charge in [0, 0.05) is 5.69 Å². The highest BCUT2D eigenvalue weighted by Crippen LogP contribution is 2.29. The Morgan fingerprint density at radius 3 is 2.32 bits per heavy atom. The van der Waals surface area contributed by atoms with Crippen LogP contribution in [0.2, 0.25) is 0 Å². The first-order chi connectivity index (χ1) is 15.1. The molecule has 7 heteroatoms. The summed E-state index contributed by atoms with van der Waals surface area (Å²) in [6.07, 6.45) is 0. The van der Waals surface area contributed by atoms with E-state index < -0.39 is 0 Å². The van der Waals surface area contributed by atoms with Gasteiger partial charge in [0.1, 0.15) is 5.82 Å². The van der Waals surface area contributed by atoms with E-state index in [0.717, 1.165) is 11.3 Å². The Hall–Kier alpha value is -3.45. The maximum atomic E-state index is 14.4. The van der Waals surface area contributed by atoms with Crippen LogP contribution in [0.25, 0.3) is 17.1 Å². The Balaban J connectivity index is 1.56. The predicted octanol–water partition coefficient (Wildman–Crippen LogP) is 5.04. The normalized spacial score (nSPS) is 11.8. The average molecular weight is 433 g/mol. The third kappa shape index (κ3) is 4.83. The van der Waals surface area contributed by atoms with Crippen molar-refractivity contribution in [2.45, 2.75) is 18.1 Å². The van der Waals surface area contributed by atoms with Crippen LogP contribution in [0.15, 0.2) is 90.1 Å². The van der Waals surface area contributed by atoms with Crippen LogP contribution in [0.3, 0.4) is 0 Å². The van der Waals surface area contributed by atoms with Gasteiger partial charge in [-0.05, 0) is 36.8 Å². The maximum absolute atomic E-state index is 14.4. The van der Waals surface area contributed by atoms with Crippen molar-refractivity contribution < 1.29 is 9.18 Å². The summed E-state index contributed by atoms with van der Waals surface area (Å²) >= 11 is 1.26. The number of halogens is 1. The number of aromatic nitrogens is 3. The van der Waals surface area contributed by atoms with E-state index >= 15 is 0 Å². The van der Waals surface area contributed by atoms with Crippen molar-refractivity contribution in [3.8, 4) is 17.1 Å². The van der Waals surface area contributed by atoms with E-state index in [2.05, 4.69) is 15.5 Å². The molecule has 1 amide bonds. The molecule has 1 heterocycles. The molecule has 156 valence electrons. The molecule has 0 saturated heterocycles. The molecular weight excluding hydrogens is 411 g/mol. The van der Waals surface area contributed by atoms with Gasteiger partial charge in [-0.2, -0.15) is 0 Å². The van der Waals surface area contributed by atoms with Crippen LogP contribution in [0, 0.1) is 5.82 Å². The summed E-state index contributed by atoms with van der Waals surface area (Å²) in [6, 6.07) is 25.6. The Labute approximate surface area is 184 Å². The summed E-state index contributed by atoms with van der Waals surface area (Å²) in [7, 11) is 0. The molecule has 0 spiro atoms. The molecule has 0 aliphatic rings. The molecule has 4 rings (SSSR count). The number of hydrogen-bond donors (Lipinski definition) is 1. The summed E-state index contributed by atoms with van der Waals surface area (Å²) < 4.78 is 16.2. The molecule has 1 unspecified atom stereocenters. The van der Waals surface area contributed by atoms with Gasteiger partial charge in [0.15, 0.2) is 11.0 Å². The number of rotatable bonds is 7. The first kappa shape index (κ1) is 20.8. The quantitative estimate of drug-likeness (QED) is 0.416. The van der Waals surface area contributed by atoms with Crippen molar-refractivity contribution in [3.05, 3.63) is 96.3 Å². The summed E-state index contributed by atoms with van der Waals surface area (Å²) in [4.78, 5) is 12.5. The van der Waals surface area contributed by atoms with Crippen molar-refractivity contribution in [1.82, 2.24) is 20.1 Å². The molecule has 0 radical (unpaired) electrons. The minimum atomic E-state index is -0.377. The highest BCUT2D eigenvalue weighted by Gasteiger charge is 2.19. The van der Waals surface area contributed by atoms with Crippen molar-refractivity contribution in [2.24, 2.45) is 0 Å². The molecular formula is C24H21FN4OS. The fraction of sp³-hybridized carbons (Fsp3) is 0.125. The van der Waals surface area contributed by atoms with Crippen molar-refractivity contribution in [1.29, 1.82) is 0 Å². The lowest BCUT2D eigenvalue weighted by Gasteiger charge is -2.14. The van der Waals surface area contributed by atoms with E-state index in [1.807, 2.05) is 67.6 Å². The number of carbonyl (C=O) groups is 1. The van der Waals surface area contributed by atoms with Gasteiger partial charge < -0.3 is 5.32 Å². The molecule has 0 saturated carbocycles. The number of hydrogen-bond acceptors (Lipinski definition) is 4. The van der Waals surface area contributed by atoms with Gasteiger partial charge in [0.05, 0.1) is 17.4 Å². The lowest BCUT2D eigenvalue weighted by molar-refractivity contribution is -0.119. The maximum Gasteiger partial charge on any atom is 0.230 e. The number of para-hydroxylation sites is 1. The first-order valence-corrected chi connectivity index (χ1v) is 10.8. The van der Waals surface area contributed by atoms with Crippen molar-refractivity contribution in [2.75, 3.05) is 5.75 Å². The molecule has 1 aromatic heterocycles. The van der Waals surface area contributed by atoms with Crippen LogP contribution in [0.1, 0.15) is 18.5 Å². The molecule has 0 bridgehead atoms.